The molecule has 0 unspecified atom stereocenters. The van der Waals surface area contributed by atoms with Crippen LogP contribution in [0.25, 0.3) is 26.5 Å². The van der Waals surface area contributed by atoms with E-state index in [1.54, 1.807) is 28.0 Å². The molecule has 3 aromatic heterocycles. The quantitative estimate of drug-likeness (QED) is 0.211. The summed E-state index contributed by atoms with van der Waals surface area (Å²) in [6, 6.07) is 16.7. The summed E-state index contributed by atoms with van der Waals surface area (Å²) in [5, 5.41) is 5.27. The van der Waals surface area contributed by atoms with Gasteiger partial charge in [-0.1, -0.05) is 53.7 Å². The Morgan fingerprint density at radius 2 is 1.89 bits per heavy atom. The lowest BCUT2D eigenvalue weighted by Gasteiger charge is -2.12. The lowest BCUT2D eigenvalue weighted by molar-refractivity contribution is -0.113. The van der Waals surface area contributed by atoms with Crippen LogP contribution in [0.4, 0.5) is 5.95 Å². The topological polar surface area (TPSA) is 89.8 Å². The van der Waals surface area contributed by atoms with E-state index in [-0.39, 0.29) is 23.2 Å². The van der Waals surface area contributed by atoms with Crippen LogP contribution in [0.2, 0.25) is 5.02 Å². The van der Waals surface area contributed by atoms with Gasteiger partial charge in [0.1, 0.15) is 9.84 Å². The van der Waals surface area contributed by atoms with Crippen molar-refractivity contribution >= 4 is 68.3 Å². The van der Waals surface area contributed by atoms with E-state index < -0.39 is 0 Å². The summed E-state index contributed by atoms with van der Waals surface area (Å²) < 4.78 is 5.86. The molecule has 3 heterocycles. The van der Waals surface area contributed by atoms with Crippen molar-refractivity contribution in [2.75, 3.05) is 11.1 Å². The SMILES string of the molecule is O=C(CSc1nc2sc3c(c2c(=O)n1-c1ccccc1)CCC3)Nc1nsc(-c2ccc(Cl)cc2)n1. The number of anilines is 1. The molecule has 0 aliphatic heterocycles. The van der Waals surface area contributed by atoms with Gasteiger partial charge in [0.05, 0.1) is 16.8 Å². The minimum atomic E-state index is -0.275. The molecule has 1 aliphatic carbocycles. The molecule has 0 bridgehead atoms. The molecule has 180 valence electrons. The molecule has 0 saturated carbocycles. The van der Waals surface area contributed by atoms with Crippen molar-refractivity contribution in [1.82, 2.24) is 18.9 Å². The summed E-state index contributed by atoms with van der Waals surface area (Å²) in [6.45, 7) is 0. The van der Waals surface area contributed by atoms with Crippen LogP contribution in [0.3, 0.4) is 0 Å². The number of aryl methyl sites for hydroxylation is 2. The van der Waals surface area contributed by atoms with E-state index in [0.29, 0.717) is 20.6 Å². The van der Waals surface area contributed by atoms with Gasteiger partial charge in [-0.2, -0.15) is 9.36 Å². The number of amides is 1. The summed E-state index contributed by atoms with van der Waals surface area (Å²) in [5.41, 5.74) is 2.66. The van der Waals surface area contributed by atoms with Crippen LogP contribution in [0, 0.1) is 0 Å². The van der Waals surface area contributed by atoms with Gasteiger partial charge < -0.3 is 0 Å². The van der Waals surface area contributed by atoms with Crippen LogP contribution in [0.15, 0.2) is 64.5 Å². The van der Waals surface area contributed by atoms with Gasteiger partial charge >= 0.3 is 0 Å². The predicted octanol–water partition coefficient (Wildman–Crippen LogP) is 5.84. The number of hydrogen-bond donors (Lipinski definition) is 1. The molecule has 0 fully saturated rings. The minimum Gasteiger partial charge on any atom is -0.293 e. The smallest absolute Gasteiger partial charge is 0.267 e. The van der Waals surface area contributed by atoms with Gasteiger partial charge in [-0.3, -0.25) is 19.5 Å². The van der Waals surface area contributed by atoms with Gasteiger partial charge in [0.2, 0.25) is 11.9 Å². The third kappa shape index (κ3) is 4.45. The van der Waals surface area contributed by atoms with E-state index in [4.69, 9.17) is 16.6 Å². The first kappa shape index (κ1) is 23.4. The van der Waals surface area contributed by atoms with Crippen LogP contribution in [0.5, 0.6) is 0 Å². The Labute approximate surface area is 223 Å². The molecule has 36 heavy (non-hydrogen) atoms. The van der Waals surface area contributed by atoms with Crippen LogP contribution >= 0.6 is 46.2 Å². The van der Waals surface area contributed by atoms with Gasteiger partial charge in [-0.05, 0) is 60.6 Å². The maximum atomic E-state index is 13.7. The maximum Gasteiger partial charge on any atom is 0.267 e. The standard InChI is InChI=1S/C25H18ClN5O2S3/c26-15-11-9-14(10-12-15)21-28-24(30-36-21)27-19(32)13-34-25-29-22-20(17-7-4-8-18(17)35-22)23(33)31(25)16-5-2-1-3-6-16/h1-3,5-6,9-12H,4,7-8,13H2,(H,27,30,32). The minimum absolute atomic E-state index is 0.0609. The fourth-order valence-corrected chi connectivity index (χ4v) is 7.07. The Morgan fingerprint density at radius 1 is 1.08 bits per heavy atom. The Kier molecular flexibility index (Phi) is 6.34. The number of fused-ring (bicyclic) bond motifs is 3. The molecule has 7 nitrogen and oxygen atoms in total. The number of carbonyl (C=O) groups excluding carboxylic acids is 1. The molecule has 0 radical (unpaired) electrons. The van der Waals surface area contributed by atoms with E-state index in [0.717, 1.165) is 40.9 Å². The zero-order chi connectivity index (χ0) is 24.6. The van der Waals surface area contributed by atoms with Crippen molar-refractivity contribution in [2.24, 2.45) is 0 Å². The Hall–Kier alpha value is -3.05. The number of nitrogens with one attached hydrogen (secondary N) is 1. The van der Waals surface area contributed by atoms with Crippen molar-refractivity contribution in [2.45, 2.75) is 24.4 Å². The highest BCUT2D eigenvalue weighted by Gasteiger charge is 2.24. The predicted molar refractivity (Wildman–Crippen MR) is 147 cm³/mol. The monoisotopic (exact) mass is 551 g/mol. The van der Waals surface area contributed by atoms with Crippen LogP contribution < -0.4 is 10.9 Å². The second kappa shape index (κ2) is 9.78. The maximum absolute atomic E-state index is 13.7. The third-order valence-electron chi connectivity index (χ3n) is 5.82. The van der Waals surface area contributed by atoms with Crippen LogP contribution in [0.1, 0.15) is 16.9 Å². The number of thiophene rings is 1. The van der Waals surface area contributed by atoms with E-state index in [9.17, 15) is 9.59 Å². The van der Waals surface area contributed by atoms with Gasteiger partial charge in [0.15, 0.2) is 5.16 Å². The first-order valence-electron chi connectivity index (χ1n) is 11.2. The highest BCUT2D eigenvalue weighted by Crippen LogP contribution is 2.36. The molecule has 0 saturated heterocycles. The van der Waals surface area contributed by atoms with E-state index >= 15 is 0 Å². The Balaban J connectivity index is 1.25. The summed E-state index contributed by atoms with van der Waals surface area (Å²) in [7, 11) is 0. The normalized spacial score (nSPS) is 12.7. The number of halogens is 1. The number of rotatable bonds is 6. The van der Waals surface area contributed by atoms with Crippen LogP contribution in [-0.4, -0.2) is 30.6 Å². The molecular formula is C25H18ClN5O2S3. The van der Waals surface area contributed by atoms with Gasteiger partial charge in [-0.25, -0.2) is 4.98 Å². The summed E-state index contributed by atoms with van der Waals surface area (Å²) >= 11 is 9.96. The number of nitrogens with zero attached hydrogens (tertiary/aromatic N) is 4. The van der Waals surface area contributed by atoms with Crippen molar-refractivity contribution in [3.05, 3.63) is 80.4 Å². The number of hydrogen-bond acceptors (Lipinski definition) is 8. The molecule has 6 rings (SSSR count). The molecule has 5 aromatic rings. The molecule has 0 spiro atoms. The summed E-state index contributed by atoms with van der Waals surface area (Å²) in [6.07, 6.45) is 2.97. The Morgan fingerprint density at radius 3 is 2.69 bits per heavy atom. The summed E-state index contributed by atoms with van der Waals surface area (Å²) in [4.78, 5) is 37.6. The largest absolute Gasteiger partial charge is 0.293 e. The fourth-order valence-electron chi connectivity index (χ4n) is 4.20. The van der Waals surface area contributed by atoms with E-state index in [2.05, 4.69) is 14.7 Å². The molecule has 1 N–H and O–H groups in total. The number of aromatic nitrogens is 4. The van der Waals surface area contributed by atoms with Crippen molar-refractivity contribution in [3.63, 3.8) is 0 Å². The molecule has 1 aliphatic rings. The molecule has 0 atom stereocenters. The average Bonchev–Trinajstić information content (AvgIpc) is 3.60. The molecule has 11 heteroatoms. The second-order valence-electron chi connectivity index (χ2n) is 8.17. The highest BCUT2D eigenvalue weighted by molar-refractivity contribution is 7.99. The van der Waals surface area contributed by atoms with Gasteiger partial charge in [-0.15, -0.1) is 11.3 Å². The number of benzene rings is 2. The van der Waals surface area contributed by atoms with E-state index in [1.807, 2.05) is 42.5 Å². The first-order chi connectivity index (χ1) is 17.6. The van der Waals surface area contributed by atoms with Crippen molar-refractivity contribution in [3.8, 4) is 16.3 Å². The van der Waals surface area contributed by atoms with Gasteiger partial charge in [0.25, 0.3) is 5.56 Å². The number of para-hydroxylation sites is 1. The molecule has 1 amide bonds. The van der Waals surface area contributed by atoms with E-state index in [1.165, 1.54) is 28.2 Å². The molecule has 2 aromatic carbocycles. The summed E-state index contributed by atoms with van der Waals surface area (Å²) in [5.74, 6) is 0.0305. The zero-order valence-electron chi connectivity index (χ0n) is 18.7. The van der Waals surface area contributed by atoms with Crippen LogP contribution in [-0.2, 0) is 17.6 Å². The van der Waals surface area contributed by atoms with Crippen molar-refractivity contribution in [1.29, 1.82) is 0 Å². The molecular weight excluding hydrogens is 534 g/mol. The van der Waals surface area contributed by atoms with Crippen molar-refractivity contribution < 1.29 is 4.79 Å². The fraction of sp³-hybridized carbons (Fsp3) is 0.160. The third-order valence-corrected chi connectivity index (χ3v) is 8.96. The first-order valence-corrected chi connectivity index (χ1v) is 14.2. The number of carbonyl (C=O) groups is 1. The average molecular weight is 552 g/mol. The zero-order valence-corrected chi connectivity index (χ0v) is 21.9. The Bertz CT molecular complexity index is 1640. The number of thioether (sulfide) groups is 1. The lowest BCUT2D eigenvalue weighted by atomic mass is 10.2. The second-order valence-corrected chi connectivity index (χ2v) is 11.4. The highest BCUT2D eigenvalue weighted by atomic mass is 35.5. The lowest BCUT2D eigenvalue weighted by Crippen LogP contribution is -2.23. The van der Waals surface area contributed by atoms with Gasteiger partial charge in [0, 0.05) is 15.5 Å².